The van der Waals surface area contributed by atoms with E-state index in [-0.39, 0.29) is 22.9 Å². The van der Waals surface area contributed by atoms with E-state index in [0.29, 0.717) is 12.7 Å². The summed E-state index contributed by atoms with van der Waals surface area (Å²) in [6, 6.07) is 4.33. The molecule has 0 bridgehead atoms. The van der Waals surface area contributed by atoms with Gasteiger partial charge >= 0.3 is 19.6 Å². The first-order chi connectivity index (χ1) is 14.6. The Labute approximate surface area is 188 Å². The van der Waals surface area contributed by atoms with Crippen LogP contribution in [0.4, 0.5) is 0 Å². The molecule has 0 aromatic heterocycles. The Bertz CT molecular complexity index is 854. The zero-order valence-corrected chi connectivity index (χ0v) is 18.1. The second-order valence-electron chi connectivity index (χ2n) is 6.96. The molecule has 0 unspecified atom stereocenters. The molecule has 0 saturated carbocycles. The van der Waals surface area contributed by atoms with E-state index in [9.17, 15) is 24.3 Å². The van der Waals surface area contributed by atoms with Gasteiger partial charge in [0.05, 0.1) is 17.1 Å². The van der Waals surface area contributed by atoms with Crippen molar-refractivity contribution in [2.24, 2.45) is 5.92 Å². The van der Waals surface area contributed by atoms with Crippen LogP contribution in [0.1, 0.15) is 30.6 Å². The predicted molar refractivity (Wildman–Crippen MR) is 109 cm³/mol. The Kier molecular flexibility index (Phi) is 9.11. The Morgan fingerprint density at radius 2 is 2.00 bits per heavy atom. The SMILES string of the molecule is CC(C)C[C@H](NC(=O)CNC(=O)c1cc(Cl)ccc1Cl)OC(=O)[C@@H]1O[B]OC(=O)[C@H]1O. The van der Waals surface area contributed by atoms with Gasteiger partial charge < -0.3 is 29.8 Å². The number of amides is 2. The van der Waals surface area contributed by atoms with Gasteiger partial charge in [-0.25, -0.2) is 4.79 Å². The highest BCUT2D eigenvalue weighted by Gasteiger charge is 2.41. The summed E-state index contributed by atoms with van der Waals surface area (Å²) >= 11 is 11.8. The van der Waals surface area contributed by atoms with Crippen molar-refractivity contribution in [1.82, 2.24) is 10.6 Å². The Balaban J connectivity index is 1.94. The summed E-state index contributed by atoms with van der Waals surface area (Å²) in [6.45, 7) is 3.22. The fourth-order valence-corrected chi connectivity index (χ4v) is 2.89. The number of halogens is 2. The first-order valence-electron chi connectivity index (χ1n) is 9.17. The molecule has 0 aliphatic carbocycles. The summed E-state index contributed by atoms with van der Waals surface area (Å²) in [7, 11) is 0.619. The molecule has 13 heteroatoms. The van der Waals surface area contributed by atoms with Crippen molar-refractivity contribution >= 4 is 54.6 Å². The monoisotopic (exact) mass is 473 g/mol. The highest BCUT2D eigenvalue weighted by Crippen LogP contribution is 2.20. The summed E-state index contributed by atoms with van der Waals surface area (Å²) < 4.78 is 14.3. The number of aliphatic hydroxyl groups is 1. The van der Waals surface area contributed by atoms with Crippen molar-refractivity contribution in [1.29, 1.82) is 0 Å². The van der Waals surface area contributed by atoms with Crippen LogP contribution >= 0.6 is 23.2 Å². The summed E-state index contributed by atoms with van der Waals surface area (Å²) in [5, 5.41) is 15.0. The minimum absolute atomic E-state index is 0.00619. The van der Waals surface area contributed by atoms with Crippen LogP contribution in [0.2, 0.25) is 10.0 Å². The summed E-state index contributed by atoms with van der Waals surface area (Å²) in [5.74, 6) is -3.40. The van der Waals surface area contributed by atoms with E-state index in [4.69, 9.17) is 32.6 Å². The number of aliphatic hydroxyl groups excluding tert-OH is 1. The van der Waals surface area contributed by atoms with Gasteiger partial charge in [0.25, 0.3) is 5.91 Å². The molecule has 1 aliphatic heterocycles. The van der Waals surface area contributed by atoms with Gasteiger partial charge in [-0.1, -0.05) is 37.0 Å². The smallest absolute Gasteiger partial charge is 0.509 e. The van der Waals surface area contributed by atoms with E-state index < -0.39 is 48.7 Å². The van der Waals surface area contributed by atoms with Crippen molar-refractivity contribution < 1.29 is 38.3 Å². The second kappa shape index (κ2) is 11.3. The topological polar surface area (TPSA) is 140 Å². The van der Waals surface area contributed by atoms with Crippen LogP contribution in [0.25, 0.3) is 0 Å². The molecule has 2 rings (SSSR count). The van der Waals surface area contributed by atoms with E-state index in [1.54, 1.807) is 0 Å². The maximum Gasteiger partial charge on any atom is 0.575 e. The van der Waals surface area contributed by atoms with E-state index in [0.717, 1.165) is 0 Å². The highest BCUT2D eigenvalue weighted by molar-refractivity contribution is 6.35. The van der Waals surface area contributed by atoms with Gasteiger partial charge in [0.15, 0.2) is 18.4 Å². The number of rotatable bonds is 8. The molecule has 1 aromatic carbocycles. The van der Waals surface area contributed by atoms with E-state index in [1.807, 2.05) is 13.8 Å². The second-order valence-corrected chi connectivity index (χ2v) is 7.81. The number of carbonyl (C=O) groups is 4. The van der Waals surface area contributed by atoms with Crippen molar-refractivity contribution in [3.63, 3.8) is 0 Å². The Morgan fingerprint density at radius 1 is 1.29 bits per heavy atom. The third-order valence-corrected chi connectivity index (χ3v) is 4.54. The van der Waals surface area contributed by atoms with Gasteiger partial charge in [-0.05, 0) is 24.1 Å². The van der Waals surface area contributed by atoms with Crippen LogP contribution in [-0.4, -0.2) is 61.5 Å². The van der Waals surface area contributed by atoms with Gasteiger partial charge in [-0.3, -0.25) is 14.4 Å². The fraction of sp³-hybridized carbons (Fsp3) is 0.444. The third kappa shape index (κ3) is 7.39. The molecule has 1 heterocycles. The standard InChI is InChI=1S/C18H20BCl2N2O8/c1-8(2)5-13(29-18(28)15-14(25)17(27)31-19-30-15)23-12(24)7-22-16(26)10-6-9(20)3-4-11(10)21/h3-4,6,8,13-15,25H,5,7H2,1-2H3,(H,22,26)(H,23,24)/t13-,14+,15-/m1/s1. The van der Waals surface area contributed by atoms with Gasteiger partial charge in [0, 0.05) is 11.4 Å². The lowest BCUT2D eigenvalue weighted by Gasteiger charge is -2.27. The zero-order chi connectivity index (χ0) is 23.1. The summed E-state index contributed by atoms with van der Waals surface area (Å²) in [5.41, 5.74) is 0.0960. The van der Waals surface area contributed by atoms with Gasteiger partial charge in [-0.2, -0.15) is 0 Å². The lowest BCUT2D eigenvalue weighted by Crippen LogP contribution is -2.52. The minimum Gasteiger partial charge on any atom is -0.509 e. The van der Waals surface area contributed by atoms with Crippen molar-refractivity contribution in [3.05, 3.63) is 33.8 Å². The van der Waals surface area contributed by atoms with Crippen LogP contribution in [0.15, 0.2) is 18.2 Å². The van der Waals surface area contributed by atoms with E-state index >= 15 is 0 Å². The first kappa shape index (κ1) is 24.9. The third-order valence-electron chi connectivity index (χ3n) is 3.98. The summed E-state index contributed by atoms with van der Waals surface area (Å²) in [4.78, 5) is 48.1. The van der Waals surface area contributed by atoms with Crippen LogP contribution in [0.3, 0.4) is 0 Å². The van der Waals surface area contributed by atoms with E-state index in [1.165, 1.54) is 18.2 Å². The van der Waals surface area contributed by atoms with E-state index in [2.05, 4.69) is 15.3 Å². The van der Waals surface area contributed by atoms with Crippen LogP contribution in [0.5, 0.6) is 0 Å². The van der Waals surface area contributed by atoms with Crippen molar-refractivity contribution in [2.45, 2.75) is 38.7 Å². The van der Waals surface area contributed by atoms with Crippen molar-refractivity contribution in [2.75, 3.05) is 6.54 Å². The minimum atomic E-state index is -1.87. The average molecular weight is 474 g/mol. The molecule has 1 fully saturated rings. The molecule has 3 atom stereocenters. The molecule has 1 saturated heterocycles. The van der Waals surface area contributed by atoms with Crippen LogP contribution < -0.4 is 10.6 Å². The maximum absolute atomic E-state index is 12.3. The molecule has 3 N–H and O–H groups in total. The first-order valence-corrected chi connectivity index (χ1v) is 9.93. The quantitative estimate of drug-likeness (QED) is 0.283. The lowest BCUT2D eigenvalue weighted by atomic mass is 10.1. The van der Waals surface area contributed by atoms with Gasteiger partial charge in [0.2, 0.25) is 5.91 Å². The Hall–Kier alpha value is -2.34. The number of benzene rings is 1. The molecule has 10 nitrogen and oxygen atoms in total. The molecule has 31 heavy (non-hydrogen) atoms. The number of esters is 1. The molecule has 0 spiro atoms. The number of ether oxygens (including phenoxy) is 1. The molecular weight excluding hydrogens is 454 g/mol. The molecule has 1 aliphatic rings. The maximum atomic E-state index is 12.3. The van der Waals surface area contributed by atoms with Crippen LogP contribution in [0, 0.1) is 5.92 Å². The lowest BCUT2D eigenvalue weighted by molar-refractivity contribution is -0.179. The predicted octanol–water partition coefficient (Wildman–Crippen LogP) is 0.592. The average Bonchev–Trinajstić information content (AvgIpc) is 2.69. The number of hydrogen-bond donors (Lipinski definition) is 3. The van der Waals surface area contributed by atoms with Gasteiger partial charge in [-0.15, -0.1) is 0 Å². The zero-order valence-electron chi connectivity index (χ0n) is 16.6. The Morgan fingerprint density at radius 3 is 2.68 bits per heavy atom. The normalized spacial score (nSPS) is 19.1. The molecule has 1 radical (unpaired) electrons. The number of hydrogen-bond acceptors (Lipinski definition) is 8. The molecular formula is C18H20BCl2N2O8. The number of carbonyl (C=O) groups excluding carboxylic acids is 4. The largest absolute Gasteiger partial charge is 0.575 e. The van der Waals surface area contributed by atoms with Crippen molar-refractivity contribution in [3.8, 4) is 0 Å². The van der Waals surface area contributed by atoms with Gasteiger partial charge in [0.1, 0.15) is 0 Å². The molecule has 2 amide bonds. The van der Waals surface area contributed by atoms with Crippen LogP contribution in [-0.2, 0) is 28.4 Å². The fourth-order valence-electron chi connectivity index (χ4n) is 2.52. The molecule has 1 aromatic rings. The highest BCUT2D eigenvalue weighted by atomic mass is 35.5. The number of nitrogens with one attached hydrogen (secondary N) is 2. The summed E-state index contributed by atoms with van der Waals surface area (Å²) in [6.07, 6.45) is -4.37. The molecule has 167 valence electrons.